The van der Waals surface area contributed by atoms with Crippen LogP contribution in [0.5, 0.6) is 0 Å². The molecule has 2 aliphatic carbocycles. The fourth-order valence-corrected chi connectivity index (χ4v) is 4.66. The number of nitrogens with one attached hydrogen (secondary N) is 1. The molecule has 4 heteroatoms. The molecule has 0 aromatic heterocycles. The lowest BCUT2D eigenvalue weighted by atomic mass is 9.79. The summed E-state index contributed by atoms with van der Waals surface area (Å²) in [4.78, 5) is 0. The SMILES string of the molecule is CCCNCC1(CCCS(=O)(=O)CC)CC2CC2C1. The van der Waals surface area contributed by atoms with Gasteiger partial charge >= 0.3 is 0 Å². The maximum absolute atomic E-state index is 11.6. The molecule has 2 aliphatic rings. The van der Waals surface area contributed by atoms with Crippen molar-refractivity contribution in [3.05, 3.63) is 0 Å². The van der Waals surface area contributed by atoms with Gasteiger partial charge in [-0.2, -0.15) is 0 Å². The average molecular weight is 287 g/mol. The van der Waals surface area contributed by atoms with Crippen LogP contribution < -0.4 is 5.32 Å². The molecule has 112 valence electrons. The van der Waals surface area contributed by atoms with Crippen LogP contribution in [-0.4, -0.2) is 33.0 Å². The van der Waals surface area contributed by atoms with E-state index in [0.717, 1.165) is 37.8 Å². The van der Waals surface area contributed by atoms with Gasteiger partial charge in [0.05, 0.1) is 5.75 Å². The van der Waals surface area contributed by atoms with Crippen LogP contribution in [0.3, 0.4) is 0 Å². The smallest absolute Gasteiger partial charge is 0.150 e. The van der Waals surface area contributed by atoms with Gasteiger partial charge in [0, 0.05) is 12.3 Å². The Bertz CT molecular complexity index is 381. The molecule has 2 atom stereocenters. The van der Waals surface area contributed by atoms with E-state index in [1.54, 1.807) is 6.92 Å². The average Bonchev–Trinajstić information content (AvgIpc) is 2.98. The van der Waals surface area contributed by atoms with Crippen molar-refractivity contribution >= 4 is 9.84 Å². The Morgan fingerprint density at radius 3 is 2.47 bits per heavy atom. The fraction of sp³-hybridized carbons (Fsp3) is 1.00. The number of hydrogen-bond acceptors (Lipinski definition) is 3. The van der Waals surface area contributed by atoms with E-state index < -0.39 is 9.84 Å². The van der Waals surface area contributed by atoms with Crippen LogP contribution in [-0.2, 0) is 9.84 Å². The number of hydrogen-bond donors (Lipinski definition) is 1. The second-order valence-electron chi connectivity index (χ2n) is 6.68. The van der Waals surface area contributed by atoms with Crippen molar-refractivity contribution in [3.63, 3.8) is 0 Å². The Kier molecular flexibility index (Phi) is 4.93. The van der Waals surface area contributed by atoms with Crippen LogP contribution in [0.2, 0.25) is 0 Å². The number of rotatable bonds is 9. The van der Waals surface area contributed by atoms with E-state index in [1.807, 2.05) is 0 Å². The molecule has 0 bridgehead atoms. The van der Waals surface area contributed by atoms with Crippen molar-refractivity contribution in [2.24, 2.45) is 17.3 Å². The van der Waals surface area contributed by atoms with Gasteiger partial charge in [0.2, 0.25) is 0 Å². The van der Waals surface area contributed by atoms with Gasteiger partial charge in [-0.3, -0.25) is 0 Å². The third-order valence-electron chi connectivity index (χ3n) is 4.99. The molecule has 2 rings (SSSR count). The molecule has 2 saturated carbocycles. The lowest BCUT2D eigenvalue weighted by Gasteiger charge is -2.31. The zero-order valence-corrected chi connectivity index (χ0v) is 13.3. The predicted octanol–water partition coefficient (Wildman–Crippen LogP) is 2.62. The molecule has 1 N–H and O–H groups in total. The fourth-order valence-electron chi connectivity index (χ4n) is 3.78. The minimum Gasteiger partial charge on any atom is -0.316 e. The van der Waals surface area contributed by atoms with E-state index in [9.17, 15) is 8.42 Å². The highest BCUT2D eigenvalue weighted by molar-refractivity contribution is 7.91. The molecular formula is C15H29NO2S. The first-order valence-corrected chi connectivity index (χ1v) is 9.73. The predicted molar refractivity (Wildman–Crippen MR) is 80.0 cm³/mol. The van der Waals surface area contributed by atoms with Crippen LogP contribution in [0, 0.1) is 17.3 Å². The van der Waals surface area contributed by atoms with E-state index in [0.29, 0.717) is 16.9 Å². The highest BCUT2D eigenvalue weighted by Gasteiger charge is 2.52. The largest absolute Gasteiger partial charge is 0.316 e. The van der Waals surface area contributed by atoms with Gasteiger partial charge in [-0.1, -0.05) is 13.8 Å². The molecule has 0 aromatic carbocycles. The molecule has 0 aromatic rings. The summed E-state index contributed by atoms with van der Waals surface area (Å²) >= 11 is 0. The van der Waals surface area contributed by atoms with Crippen LogP contribution >= 0.6 is 0 Å². The second-order valence-corrected chi connectivity index (χ2v) is 9.15. The van der Waals surface area contributed by atoms with Crippen LogP contribution in [0.15, 0.2) is 0 Å². The third-order valence-corrected chi connectivity index (χ3v) is 6.78. The van der Waals surface area contributed by atoms with Gasteiger partial charge in [0.25, 0.3) is 0 Å². The molecular weight excluding hydrogens is 258 g/mol. The van der Waals surface area contributed by atoms with E-state index in [-0.39, 0.29) is 0 Å². The molecule has 0 amide bonds. The maximum Gasteiger partial charge on any atom is 0.150 e. The Morgan fingerprint density at radius 2 is 1.89 bits per heavy atom. The summed E-state index contributed by atoms with van der Waals surface area (Å²) in [5, 5.41) is 3.57. The Balaban J connectivity index is 1.81. The van der Waals surface area contributed by atoms with Crippen molar-refractivity contribution < 1.29 is 8.42 Å². The molecule has 0 spiro atoms. The lowest BCUT2D eigenvalue weighted by Crippen LogP contribution is -2.34. The summed E-state index contributed by atoms with van der Waals surface area (Å²) in [5.41, 5.74) is 0.409. The molecule has 0 aliphatic heterocycles. The van der Waals surface area contributed by atoms with Gasteiger partial charge in [0.1, 0.15) is 9.84 Å². The lowest BCUT2D eigenvalue weighted by molar-refractivity contribution is 0.228. The number of fused-ring (bicyclic) bond motifs is 1. The van der Waals surface area contributed by atoms with Gasteiger partial charge < -0.3 is 5.32 Å². The summed E-state index contributed by atoms with van der Waals surface area (Å²) in [6.45, 7) is 6.13. The second kappa shape index (κ2) is 6.13. The Morgan fingerprint density at radius 1 is 1.21 bits per heavy atom. The quantitative estimate of drug-likeness (QED) is 0.663. The molecule has 0 radical (unpaired) electrons. The van der Waals surface area contributed by atoms with Crippen LogP contribution in [0.4, 0.5) is 0 Å². The van der Waals surface area contributed by atoms with Crippen molar-refractivity contribution in [3.8, 4) is 0 Å². The van der Waals surface area contributed by atoms with E-state index >= 15 is 0 Å². The minimum atomic E-state index is -2.79. The molecule has 2 fully saturated rings. The summed E-state index contributed by atoms with van der Waals surface area (Å²) in [7, 11) is -2.79. The van der Waals surface area contributed by atoms with Crippen molar-refractivity contribution in [1.29, 1.82) is 0 Å². The summed E-state index contributed by atoms with van der Waals surface area (Å²) in [5.74, 6) is 2.60. The summed E-state index contributed by atoms with van der Waals surface area (Å²) < 4.78 is 23.2. The zero-order valence-electron chi connectivity index (χ0n) is 12.5. The maximum atomic E-state index is 11.6. The van der Waals surface area contributed by atoms with Crippen molar-refractivity contribution in [2.45, 2.75) is 52.4 Å². The van der Waals surface area contributed by atoms with E-state index in [1.165, 1.54) is 25.7 Å². The summed E-state index contributed by atoms with van der Waals surface area (Å²) in [6, 6.07) is 0. The van der Waals surface area contributed by atoms with Crippen molar-refractivity contribution in [1.82, 2.24) is 5.32 Å². The Labute approximate surface area is 118 Å². The molecule has 0 heterocycles. The molecule has 2 unspecified atom stereocenters. The third kappa shape index (κ3) is 4.19. The highest BCUT2D eigenvalue weighted by atomic mass is 32.2. The highest BCUT2D eigenvalue weighted by Crippen LogP contribution is 2.61. The first kappa shape index (κ1) is 15.3. The number of sulfone groups is 1. The van der Waals surface area contributed by atoms with Gasteiger partial charge in [-0.05, 0) is 62.3 Å². The van der Waals surface area contributed by atoms with Crippen LogP contribution in [0.25, 0.3) is 0 Å². The Hall–Kier alpha value is -0.0900. The summed E-state index contributed by atoms with van der Waals surface area (Å²) in [6.07, 6.45) is 7.22. The molecule has 3 nitrogen and oxygen atoms in total. The first-order chi connectivity index (χ1) is 9.00. The zero-order chi connectivity index (χ0) is 13.9. The van der Waals surface area contributed by atoms with E-state index in [4.69, 9.17) is 0 Å². The van der Waals surface area contributed by atoms with Gasteiger partial charge in [0.15, 0.2) is 0 Å². The normalized spacial score (nSPS) is 33.4. The van der Waals surface area contributed by atoms with Gasteiger partial charge in [-0.15, -0.1) is 0 Å². The van der Waals surface area contributed by atoms with Crippen LogP contribution in [0.1, 0.15) is 52.4 Å². The van der Waals surface area contributed by atoms with Gasteiger partial charge in [-0.25, -0.2) is 8.42 Å². The minimum absolute atomic E-state index is 0.291. The topological polar surface area (TPSA) is 46.2 Å². The first-order valence-electron chi connectivity index (χ1n) is 7.91. The molecule has 0 saturated heterocycles. The van der Waals surface area contributed by atoms with E-state index in [2.05, 4.69) is 12.2 Å². The molecule has 19 heavy (non-hydrogen) atoms. The standard InChI is InChI=1S/C15H29NO2S/c1-3-7-16-12-15(10-13-9-14(13)11-15)6-5-8-19(17,18)4-2/h13-14,16H,3-12H2,1-2H3. The van der Waals surface area contributed by atoms with Crippen molar-refractivity contribution in [2.75, 3.05) is 24.6 Å². The monoisotopic (exact) mass is 287 g/mol.